The highest BCUT2D eigenvalue weighted by Gasteiger charge is 2.41. The maximum atomic E-state index is 12.5. The molecular weight excluding hydrogens is 398 g/mol. The molecule has 0 radical (unpaired) electrons. The van der Waals surface area contributed by atoms with Crippen LogP contribution in [0.5, 0.6) is 0 Å². The van der Waals surface area contributed by atoms with Crippen LogP contribution in [0.15, 0.2) is 64.6 Å². The van der Waals surface area contributed by atoms with Gasteiger partial charge in [-0.1, -0.05) is 41.0 Å². The maximum Gasteiger partial charge on any atom is 0.338 e. The molecule has 0 spiro atoms. The molecule has 2 aromatic rings. The number of ether oxygens (including phenoxy) is 2. The third-order valence-corrected chi connectivity index (χ3v) is 5.72. The van der Waals surface area contributed by atoms with Gasteiger partial charge in [0.05, 0.1) is 23.1 Å². The normalized spacial score (nSPS) is 21.3. The van der Waals surface area contributed by atoms with Crippen LogP contribution < -0.4 is 0 Å². The van der Waals surface area contributed by atoms with Crippen LogP contribution >= 0.6 is 0 Å². The molecule has 1 heterocycles. The molecular formula is C19H19N3O6S. The number of azide groups is 1. The molecule has 0 bridgehead atoms. The lowest BCUT2D eigenvalue weighted by Gasteiger charge is -2.18. The van der Waals surface area contributed by atoms with Crippen LogP contribution in [0.25, 0.3) is 10.4 Å². The summed E-state index contributed by atoms with van der Waals surface area (Å²) in [5.74, 6) is -0.564. The first-order valence-electron chi connectivity index (χ1n) is 8.78. The van der Waals surface area contributed by atoms with Crippen LogP contribution in [0.1, 0.15) is 15.9 Å². The maximum absolute atomic E-state index is 12.5. The van der Waals surface area contributed by atoms with Crippen molar-refractivity contribution in [3.05, 3.63) is 76.2 Å². The highest BCUT2D eigenvalue weighted by atomic mass is 32.2. The van der Waals surface area contributed by atoms with E-state index in [1.165, 1.54) is 12.1 Å². The number of carbonyl (C=O) groups is 1. The van der Waals surface area contributed by atoms with E-state index in [9.17, 15) is 13.2 Å². The van der Waals surface area contributed by atoms with Crippen LogP contribution in [0.3, 0.4) is 0 Å². The monoisotopic (exact) mass is 417 g/mol. The summed E-state index contributed by atoms with van der Waals surface area (Å²) < 4.78 is 41.0. The van der Waals surface area contributed by atoms with Crippen LogP contribution in [-0.2, 0) is 23.8 Å². The summed E-state index contributed by atoms with van der Waals surface area (Å²) in [6, 6.07) is 13.6. The molecule has 0 aliphatic carbocycles. The van der Waals surface area contributed by atoms with Crippen molar-refractivity contribution in [1.29, 1.82) is 0 Å². The van der Waals surface area contributed by atoms with Crippen LogP contribution in [0.4, 0.5) is 0 Å². The summed E-state index contributed by atoms with van der Waals surface area (Å²) in [5.41, 5.74) is 10.1. The van der Waals surface area contributed by atoms with Crippen molar-refractivity contribution in [2.24, 2.45) is 5.11 Å². The van der Waals surface area contributed by atoms with Gasteiger partial charge in [-0.2, -0.15) is 8.42 Å². The lowest BCUT2D eigenvalue weighted by atomic mass is 10.1. The predicted octanol–water partition coefficient (Wildman–Crippen LogP) is 3.00. The average Bonchev–Trinajstić information content (AvgIpc) is 3.08. The van der Waals surface area contributed by atoms with Gasteiger partial charge in [-0.25, -0.2) is 4.79 Å². The van der Waals surface area contributed by atoms with E-state index in [4.69, 9.17) is 19.2 Å². The van der Waals surface area contributed by atoms with E-state index >= 15 is 0 Å². The average molecular weight is 417 g/mol. The number of nitrogens with zero attached hydrogens (tertiary/aromatic N) is 3. The van der Waals surface area contributed by atoms with Gasteiger partial charge in [0.25, 0.3) is 10.1 Å². The van der Waals surface area contributed by atoms with Crippen molar-refractivity contribution in [2.45, 2.75) is 30.1 Å². The fourth-order valence-electron chi connectivity index (χ4n) is 2.83. The van der Waals surface area contributed by atoms with Crippen molar-refractivity contribution in [3.63, 3.8) is 0 Å². The summed E-state index contributed by atoms with van der Waals surface area (Å²) >= 11 is 0. The third kappa shape index (κ3) is 5.12. The summed E-state index contributed by atoms with van der Waals surface area (Å²) in [7, 11) is -4.08. The highest BCUT2D eigenvalue weighted by Crippen LogP contribution is 2.26. The molecule has 2 aromatic carbocycles. The standard InChI is InChI=1S/C19H19N3O6S/c1-13-7-9-15(10-8-13)29(24,25)28-17-12-26-16(18(17)21-22-20)11-27-19(23)14-5-3-2-4-6-14/h2-10,16-18H,11-12H2,1H3/t16-,17+,18-/m1/s1. The molecule has 0 saturated carbocycles. The molecule has 1 saturated heterocycles. The fraction of sp³-hybridized carbons (Fsp3) is 0.316. The van der Waals surface area contributed by atoms with Gasteiger partial charge in [0.1, 0.15) is 18.8 Å². The Kier molecular flexibility index (Phi) is 6.50. The van der Waals surface area contributed by atoms with Gasteiger partial charge in [0.15, 0.2) is 0 Å². The van der Waals surface area contributed by atoms with Crippen LogP contribution in [-0.4, -0.2) is 45.9 Å². The van der Waals surface area contributed by atoms with Gasteiger partial charge in [0, 0.05) is 4.91 Å². The number of aryl methyl sites for hydroxylation is 1. The van der Waals surface area contributed by atoms with E-state index in [0.717, 1.165) is 5.56 Å². The third-order valence-electron chi connectivity index (χ3n) is 4.37. The highest BCUT2D eigenvalue weighted by molar-refractivity contribution is 7.86. The van der Waals surface area contributed by atoms with Gasteiger partial charge >= 0.3 is 5.97 Å². The lowest BCUT2D eigenvalue weighted by Crippen LogP contribution is -2.35. The zero-order valence-corrected chi connectivity index (χ0v) is 16.4. The Balaban J connectivity index is 1.67. The fourth-order valence-corrected chi connectivity index (χ4v) is 3.91. The van der Waals surface area contributed by atoms with Crippen molar-refractivity contribution < 1.29 is 26.9 Å². The Morgan fingerprint density at radius 2 is 1.90 bits per heavy atom. The second-order valence-electron chi connectivity index (χ2n) is 6.43. The summed E-state index contributed by atoms with van der Waals surface area (Å²) in [6.45, 7) is 1.51. The Bertz CT molecular complexity index is 1000. The van der Waals surface area contributed by atoms with Crippen molar-refractivity contribution in [3.8, 4) is 0 Å². The first-order valence-corrected chi connectivity index (χ1v) is 10.2. The Hall–Kier alpha value is -2.91. The molecule has 0 N–H and O–H groups in total. The van der Waals surface area contributed by atoms with Gasteiger partial charge < -0.3 is 9.47 Å². The molecule has 3 atom stereocenters. The molecule has 0 aromatic heterocycles. The zero-order valence-electron chi connectivity index (χ0n) is 15.5. The van der Waals surface area contributed by atoms with Gasteiger partial charge in [-0.05, 0) is 36.7 Å². The summed E-state index contributed by atoms with van der Waals surface area (Å²) in [5, 5.41) is 3.60. The minimum Gasteiger partial charge on any atom is -0.459 e. The van der Waals surface area contributed by atoms with E-state index in [-0.39, 0.29) is 18.1 Å². The molecule has 152 valence electrons. The number of rotatable bonds is 7. The predicted molar refractivity (Wildman–Crippen MR) is 103 cm³/mol. The van der Waals surface area contributed by atoms with Crippen LogP contribution in [0.2, 0.25) is 0 Å². The Morgan fingerprint density at radius 3 is 2.55 bits per heavy atom. The second-order valence-corrected chi connectivity index (χ2v) is 8.01. The van der Waals surface area contributed by atoms with E-state index in [1.54, 1.807) is 42.5 Å². The Morgan fingerprint density at radius 1 is 1.21 bits per heavy atom. The molecule has 1 aliphatic heterocycles. The van der Waals surface area contributed by atoms with Gasteiger partial charge in [-0.15, -0.1) is 0 Å². The van der Waals surface area contributed by atoms with Crippen molar-refractivity contribution in [2.75, 3.05) is 13.2 Å². The molecule has 3 rings (SSSR count). The van der Waals surface area contributed by atoms with Crippen LogP contribution in [0, 0.1) is 6.92 Å². The molecule has 29 heavy (non-hydrogen) atoms. The van der Waals surface area contributed by atoms with E-state index in [0.29, 0.717) is 5.56 Å². The molecule has 0 amide bonds. The van der Waals surface area contributed by atoms with E-state index in [2.05, 4.69) is 10.0 Å². The van der Waals surface area contributed by atoms with Crippen molar-refractivity contribution in [1.82, 2.24) is 0 Å². The quantitative estimate of drug-likeness (QED) is 0.224. The number of hydrogen-bond acceptors (Lipinski definition) is 7. The largest absolute Gasteiger partial charge is 0.459 e. The molecule has 0 unspecified atom stereocenters. The van der Waals surface area contributed by atoms with Gasteiger partial charge in [0.2, 0.25) is 0 Å². The van der Waals surface area contributed by atoms with Gasteiger partial charge in [-0.3, -0.25) is 4.18 Å². The second kappa shape index (κ2) is 9.06. The first-order chi connectivity index (χ1) is 13.9. The van der Waals surface area contributed by atoms with E-state index < -0.39 is 34.3 Å². The lowest BCUT2D eigenvalue weighted by molar-refractivity contribution is 0.0127. The molecule has 10 heteroatoms. The molecule has 1 fully saturated rings. The smallest absolute Gasteiger partial charge is 0.338 e. The number of carbonyl (C=O) groups excluding carboxylic acids is 1. The van der Waals surface area contributed by atoms with E-state index in [1.807, 2.05) is 6.92 Å². The number of benzene rings is 2. The molecule has 1 aliphatic rings. The summed E-state index contributed by atoms with van der Waals surface area (Å²) in [4.78, 5) is 14.8. The SMILES string of the molecule is Cc1ccc(S(=O)(=O)O[C@H]2CO[C@H](COC(=O)c3ccccc3)[C@H]2N=[N+]=[N-])cc1. The summed E-state index contributed by atoms with van der Waals surface area (Å²) in [6.07, 6.45) is -1.85. The Labute approximate surface area is 168 Å². The minimum atomic E-state index is -4.08. The minimum absolute atomic E-state index is 0.0123. The first kappa shape index (κ1) is 20.8. The number of hydrogen-bond donors (Lipinski definition) is 0. The topological polar surface area (TPSA) is 128 Å². The number of esters is 1. The van der Waals surface area contributed by atoms with Crippen molar-refractivity contribution >= 4 is 16.1 Å². The molecule has 9 nitrogen and oxygen atoms in total. The zero-order chi connectivity index (χ0) is 20.9.